The van der Waals surface area contributed by atoms with Crippen molar-refractivity contribution in [3.05, 3.63) is 46.5 Å². The van der Waals surface area contributed by atoms with Crippen LogP contribution in [0.4, 0.5) is 0 Å². The second kappa shape index (κ2) is 1.42. The highest BCUT2D eigenvalue weighted by molar-refractivity contribution is 5.98. The van der Waals surface area contributed by atoms with Crippen LogP contribution in [0.25, 0.3) is 10.8 Å². The molecule has 0 aliphatic heterocycles. The van der Waals surface area contributed by atoms with E-state index in [1.807, 2.05) is 0 Å². The van der Waals surface area contributed by atoms with Gasteiger partial charge in [0.1, 0.15) is 0 Å². The van der Waals surface area contributed by atoms with E-state index in [2.05, 4.69) is 24.3 Å². The molecule has 0 heteroatoms. The van der Waals surface area contributed by atoms with Crippen LogP contribution in [0.15, 0.2) is 24.3 Å². The molecule has 12 heavy (non-hydrogen) atoms. The Morgan fingerprint density at radius 2 is 1.17 bits per heavy atom. The van der Waals surface area contributed by atoms with Crippen molar-refractivity contribution < 1.29 is 0 Å². The molecule has 56 valence electrons. The lowest BCUT2D eigenvalue weighted by Crippen LogP contribution is -1.68. The van der Waals surface area contributed by atoms with Crippen LogP contribution in [0, 0.1) is 0 Å². The molecule has 0 radical (unpaired) electrons. The predicted molar refractivity (Wildman–Crippen MR) is 49.6 cm³/mol. The molecule has 2 aromatic rings. The van der Waals surface area contributed by atoms with E-state index in [-0.39, 0.29) is 0 Å². The van der Waals surface area contributed by atoms with Gasteiger partial charge in [0.15, 0.2) is 0 Å². The smallest absolute Gasteiger partial charge is 0.00106 e. The van der Waals surface area contributed by atoms with Crippen molar-refractivity contribution in [1.82, 2.24) is 0 Å². The molecule has 0 N–H and O–H groups in total. The minimum Gasteiger partial charge on any atom is -0.0616 e. The van der Waals surface area contributed by atoms with E-state index in [9.17, 15) is 0 Å². The Bertz CT molecular complexity index is 473. The van der Waals surface area contributed by atoms with Gasteiger partial charge in [-0.05, 0) is 45.9 Å². The highest BCUT2D eigenvalue weighted by atomic mass is 14.4. The van der Waals surface area contributed by atoms with Gasteiger partial charge < -0.3 is 0 Å². The summed E-state index contributed by atoms with van der Waals surface area (Å²) in [5.41, 5.74) is 6.59. The van der Waals surface area contributed by atoms with Crippen molar-refractivity contribution in [1.29, 1.82) is 0 Å². The van der Waals surface area contributed by atoms with E-state index in [0.29, 0.717) is 0 Å². The molecular formula is C12H8. The zero-order valence-electron chi connectivity index (χ0n) is 6.72. The van der Waals surface area contributed by atoms with Crippen molar-refractivity contribution in [2.24, 2.45) is 0 Å². The van der Waals surface area contributed by atoms with Crippen molar-refractivity contribution >= 4 is 10.8 Å². The van der Waals surface area contributed by atoms with Crippen LogP contribution in [0.3, 0.4) is 0 Å². The first-order valence-electron chi connectivity index (χ1n) is 4.49. The molecule has 0 heterocycles. The Labute approximate surface area is 70.8 Å². The molecule has 0 amide bonds. The second-order valence-corrected chi connectivity index (χ2v) is 3.81. The van der Waals surface area contributed by atoms with Gasteiger partial charge in [0, 0.05) is 0 Å². The Morgan fingerprint density at radius 3 is 1.67 bits per heavy atom. The van der Waals surface area contributed by atoms with Gasteiger partial charge in [0.05, 0.1) is 0 Å². The molecule has 2 aliphatic carbocycles. The van der Waals surface area contributed by atoms with Crippen molar-refractivity contribution in [3.63, 3.8) is 0 Å². The van der Waals surface area contributed by atoms with Gasteiger partial charge in [-0.2, -0.15) is 0 Å². The maximum absolute atomic E-state index is 2.26. The average Bonchev–Trinajstić information content (AvgIpc) is 2.98. The molecule has 0 nitrogen and oxygen atoms in total. The monoisotopic (exact) mass is 152 g/mol. The number of benzene rings is 2. The van der Waals surface area contributed by atoms with Crippen LogP contribution in [0.2, 0.25) is 0 Å². The van der Waals surface area contributed by atoms with E-state index >= 15 is 0 Å². The molecule has 0 spiro atoms. The molecular weight excluding hydrogens is 144 g/mol. The summed E-state index contributed by atoms with van der Waals surface area (Å²) in [7, 11) is 0. The maximum atomic E-state index is 2.26. The van der Waals surface area contributed by atoms with Crippen molar-refractivity contribution in [3.8, 4) is 0 Å². The Morgan fingerprint density at radius 1 is 0.667 bits per heavy atom. The van der Waals surface area contributed by atoms with Crippen molar-refractivity contribution in [2.45, 2.75) is 12.8 Å². The molecule has 0 saturated carbocycles. The van der Waals surface area contributed by atoms with Gasteiger partial charge >= 0.3 is 0 Å². The van der Waals surface area contributed by atoms with E-state index in [1.165, 1.54) is 23.6 Å². The number of fused-ring (bicyclic) bond motifs is 6. The van der Waals surface area contributed by atoms with Gasteiger partial charge in [-0.15, -0.1) is 0 Å². The largest absolute Gasteiger partial charge is 0.0616 e. The second-order valence-electron chi connectivity index (χ2n) is 3.81. The fourth-order valence-corrected chi connectivity index (χ4v) is 2.37. The lowest BCUT2D eigenvalue weighted by atomic mass is 10.1. The first kappa shape index (κ1) is 5.36. The molecule has 0 fully saturated rings. The molecule has 0 saturated heterocycles. The van der Waals surface area contributed by atoms with Gasteiger partial charge in [0.25, 0.3) is 0 Å². The molecule has 0 atom stereocenters. The zero-order chi connectivity index (χ0) is 7.71. The number of hydrogen-bond donors (Lipinski definition) is 0. The molecule has 2 aliphatic rings. The highest BCUT2D eigenvalue weighted by Gasteiger charge is 2.34. The van der Waals surface area contributed by atoms with Crippen LogP contribution >= 0.6 is 0 Å². The van der Waals surface area contributed by atoms with Crippen LogP contribution in [0.1, 0.15) is 22.3 Å². The van der Waals surface area contributed by atoms with Crippen LogP contribution in [-0.4, -0.2) is 0 Å². The highest BCUT2D eigenvalue weighted by Crippen LogP contribution is 2.49. The third-order valence-corrected chi connectivity index (χ3v) is 3.13. The number of rotatable bonds is 0. The zero-order valence-corrected chi connectivity index (χ0v) is 6.72. The Kier molecular flexibility index (Phi) is 0.637. The van der Waals surface area contributed by atoms with Crippen LogP contribution in [-0.2, 0) is 12.8 Å². The molecule has 0 unspecified atom stereocenters. The van der Waals surface area contributed by atoms with E-state index in [1.54, 1.807) is 22.3 Å². The minimum absolute atomic E-state index is 1.27. The summed E-state index contributed by atoms with van der Waals surface area (Å²) < 4.78 is 0. The lowest BCUT2D eigenvalue weighted by molar-refractivity contribution is 1.53. The topological polar surface area (TPSA) is 0 Å². The maximum Gasteiger partial charge on any atom is -0.00106 e. The summed E-state index contributed by atoms with van der Waals surface area (Å²) in [6.07, 6.45) is 2.55. The first-order valence-corrected chi connectivity index (χ1v) is 4.49. The summed E-state index contributed by atoms with van der Waals surface area (Å²) in [6.45, 7) is 0. The quantitative estimate of drug-likeness (QED) is 0.363. The van der Waals surface area contributed by atoms with Gasteiger partial charge in [-0.25, -0.2) is 0 Å². The average molecular weight is 152 g/mol. The number of hydrogen-bond acceptors (Lipinski definition) is 0. The minimum atomic E-state index is 1.27. The summed E-state index contributed by atoms with van der Waals surface area (Å²) in [4.78, 5) is 0. The third kappa shape index (κ3) is 0.454. The van der Waals surface area contributed by atoms with Crippen LogP contribution in [0.5, 0.6) is 0 Å². The molecule has 0 aromatic heterocycles. The normalized spacial score (nSPS) is 15.7. The fourth-order valence-electron chi connectivity index (χ4n) is 2.37. The van der Waals surface area contributed by atoms with Gasteiger partial charge in [0.2, 0.25) is 0 Å². The SMILES string of the molecule is c1ccc2c3c(c4c(c2c1)C4)C3. The van der Waals surface area contributed by atoms with E-state index in [4.69, 9.17) is 0 Å². The van der Waals surface area contributed by atoms with E-state index < -0.39 is 0 Å². The van der Waals surface area contributed by atoms with Gasteiger partial charge in [-0.3, -0.25) is 0 Å². The lowest BCUT2D eigenvalue weighted by Gasteiger charge is -1.92. The Hall–Kier alpha value is -1.30. The predicted octanol–water partition coefficient (Wildman–Crippen LogP) is 2.65. The first-order chi connectivity index (χ1) is 5.95. The summed E-state index contributed by atoms with van der Waals surface area (Å²) in [5, 5.41) is 3.03. The fraction of sp³-hybridized carbons (Fsp3) is 0.167. The van der Waals surface area contributed by atoms with E-state index in [0.717, 1.165) is 0 Å². The molecule has 4 rings (SSSR count). The Balaban J connectivity index is 2.37. The molecule has 0 bridgehead atoms. The summed E-state index contributed by atoms with van der Waals surface area (Å²) in [6, 6.07) is 8.82. The summed E-state index contributed by atoms with van der Waals surface area (Å²) in [5.74, 6) is 0. The standard InChI is InChI=1S/C12H8/c1-2-4-8-7(3-1)9-5-11(9)12-6-10(8)12/h1-4H,5-6H2. The van der Waals surface area contributed by atoms with Crippen LogP contribution < -0.4 is 0 Å². The van der Waals surface area contributed by atoms with Crippen molar-refractivity contribution in [2.75, 3.05) is 0 Å². The van der Waals surface area contributed by atoms with Gasteiger partial charge in [-0.1, -0.05) is 24.3 Å². The summed E-state index contributed by atoms with van der Waals surface area (Å²) >= 11 is 0. The third-order valence-electron chi connectivity index (χ3n) is 3.13. The molecule has 2 aromatic carbocycles.